The van der Waals surface area contributed by atoms with Crippen molar-refractivity contribution in [3.05, 3.63) is 60.2 Å². The molecular formula is C23H27N5. The van der Waals surface area contributed by atoms with Crippen LogP contribution in [0.5, 0.6) is 0 Å². The van der Waals surface area contributed by atoms with Gasteiger partial charge in [0.15, 0.2) is 0 Å². The average molecular weight is 374 g/mol. The molecule has 0 aliphatic rings. The second-order valence-corrected chi connectivity index (χ2v) is 7.47. The Kier molecular flexibility index (Phi) is 4.90. The van der Waals surface area contributed by atoms with Gasteiger partial charge in [0.2, 0.25) is 0 Å². The van der Waals surface area contributed by atoms with Crippen LogP contribution in [0.25, 0.3) is 22.0 Å². The number of anilines is 2. The predicted octanol–water partition coefficient (Wildman–Crippen LogP) is 5.60. The second kappa shape index (κ2) is 7.50. The topological polar surface area (TPSA) is 47.7 Å². The van der Waals surface area contributed by atoms with Gasteiger partial charge in [-0.15, -0.1) is 0 Å². The summed E-state index contributed by atoms with van der Waals surface area (Å²) in [4.78, 5) is 4.62. The van der Waals surface area contributed by atoms with E-state index in [2.05, 4.69) is 71.2 Å². The number of hydrogen-bond acceptors (Lipinski definition) is 3. The summed E-state index contributed by atoms with van der Waals surface area (Å²) >= 11 is 0. The molecule has 0 spiro atoms. The Morgan fingerprint density at radius 2 is 1.86 bits per heavy atom. The van der Waals surface area contributed by atoms with Crippen molar-refractivity contribution in [2.24, 2.45) is 7.05 Å². The van der Waals surface area contributed by atoms with Gasteiger partial charge in [-0.05, 0) is 61.2 Å². The van der Waals surface area contributed by atoms with E-state index >= 15 is 0 Å². The van der Waals surface area contributed by atoms with Crippen LogP contribution in [0.3, 0.4) is 0 Å². The molecule has 1 aromatic carbocycles. The maximum absolute atomic E-state index is 4.62. The fourth-order valence-electron chi connectivity index (χ4n) is 3.76. The average Bonchev–Trinajstić information content (AvgIpc) is 3.29. The molecule has 5 heteroatoms. The zero-order valence-corrected chi connectivity index (χ0v) is 17.0. The molecule has 0 saturated heterocycles. The van der Waals surface area contributed by atoms with Crippen LogP contribution < -0.4 is 5.32 Å². The van der Waals surface area contributed by atoms with Gasteiger partial charge in [0.25, 0.3) is 0 Å². The number of nitrogens with one attached hydrogen (secondary N) is 1. The van der Waals surface area contributed by atoms with E-state index in [9.17, 15) is 0 Å². The second-order valence-electron chi connectivity index (χ2n) is 7.47. The molecule has 5 nitrogen and oxygen atoms in total. The molecule has 144 valence electrons. The number of aromatic nitrogens is 4. The van der Waals surface area contributed by atoms with E-state index in [1.165, 1.54) is 35.0 Å². The molecule has 0 saturated carbocycles. The van der Waals surface area contributed by atoms with Crippen molar-refractivity contribution in [3.63, 3.8) is 0 Å². The van der Waals surface area contributed by atoms with E-state index in [1.54, 1.807) is 0 Å². The van der Waals surface area contributed by atoms with Crippen molar-refractivity contribution < 1.29 is 0 Å². The van der Waals surface area contributed by atoms with Gasteiger partial charge < -0.3 is 9.88 Å². The highest BCUT2D eigenvalue weighted by Crippen LogP contribution is 2.32. The van der Waals surface area contributed by atoms with Crippen LogP contribution in [0.1, 0.15) is 30.9 Å². The van der Waals surface area contributed by atoms with Crippen LogP contribution in [0, 0.1) is 13.8 Å². The molecule has 28 heavy (non-hydrogen) atoms. The SMILES string of the molecule is CCCCn1ccc2c(Nc3c(C)cc(-c4cnn(C)c4)cc3C)nccc21. The van der Waals surface area contributed by atoms with Crippen LogP contribution >= 0.6 is 0 Å². The van der Waals surface area contributed by atoms with Crippen molar-refractivity contribution in [2.45, 2.75) is 40.2 Å². The molecule has 0 radical (unpaired) electrons. The van der Waals surface area contributed by atoms with E-state index in [0.717, 1.165) is 29.0 Å². The lowest BCUT2D eigenvalue weighted by Gasteiger charge is -2.15. The lowest BCUT2D eigenvalue weighted by Crippen LogP contribution is -2.00. The zero-order chi connectivity index (χ0) is 19.7. The van der Waals surface area contributed by atoms with Gasteiger partial charge in [-0.2, -0.15) is 5.10 Å². The van der Waals surface area contributed by atoms with E-state index in [-0.39, 0.29) is 0 Å². The number of benzene rings is 1. The molecule has 0 fully saturated rings. The van der Waals surface area contributed by atoms with Crippen LogP contribution in [0.15, 0.2) is 49.1 Å². The number of nitrogens with zero attached hydrogens (tertiary/aromatic N) is 4. The molecule has 3 heterocycles. The summed E-state index contributed by atoms with van der Waals surface area (Å²) in [6, 6.07) is 8.67. The van der Waals surface area contributed by atoms with Gasteiger partial charge in [-0.25, -0.2) is 4.98 Å². The first-order valence-corrected chi connectivity index (χ1v) is 9.88. The van der Waals surface area contributed by atoms with Crippen LogP contribution in [0.2, 0.25) is 0 Å². The summed E-state index contributed by atoms with van der Waals surface area (Å²) in [7, 11) is 1.94. The highest BCUT2D eigenvalue weighted by molar-refractivity contribution is 5.92. The quantitative estimate of drug-likeness (QED) is 0.479. The van der Waals surface area contributed by atoms with Gasteiger partial charge >= 0.3 is 0 Å². The van der Waals surface area contributed by atoms with Crippen molar-refractivity contribution in [2.75, 3.05) is 5.32 Å². The fourth-order valence-corrected chi connectivity index (χ4v) is 3.76. The van der Waals surface area contributed by atoms with Crippen molar-refractivity contribution in [1.82, 2.24) is 19.3 Å². The highest BCUT2D eigenvalue weighted by atomic mass is 15.2. The fraction of sp³-hybridized carbons (Fsp3) is 0.304. The summed E-state index contributed by atoms with van der Waals surface area (Å²) in [5.41, 5.74) is 7.06. The summed E-state index contributed by atoms with van der Waals surface area (Å²) in [5.74, 6) is 0.910. The maximum Gasteiger partial charge on any atom is 0.139 e. The van der Waals surface area contributed by atoms with E-state index in [0.29, 0.717) is 0 Å². The van der Waals surface area contributed by atoms with Crippen LogP contribution in [-0.4, -0.2) is 19.3 Å². The number of aryl methyl sites for hydroxylation is 4. The van der Waals surface area contributed by atoms with Crippen molar-refractivity contribution in [1.29, 1.82) is 0 Å². The maximum atomic E-state index is 4.62. The van der Waals surface area contributed by atoms with Gasteiger partial charge in [-0.3, -0.25) is 4.68 Å². The zero-order valence-electron chi connectivity index (χ0n) is 17.0. The molecule has 0 amide bonds. The summed E-state index contributed by atoms with van der Waals surface area (Å²) in [5, 5.41) is 9.04. The number of hydrogen-bond donors (Lipinski definition) is 1. The Morgan fingerprint density at radius 3 is 2.54 bits per heavy atom. The Labute approximate surface area is 166 Å². The molecule has 1 N–H and O–H groups in total. The predicted molar refractivity (Wildman–Crippen MR) is 116 cm³/mol. The normalized spacial score (nSPS) is 11.3. The minimum Gasteiger partial charge on any atom is -0.347 e. The number of unbranched alkanes of at least 4 members (excludes halogenated alkanes) is 1. The van der Waals surface area contributed by atoms with Crippen molar-refractivity contribution >= 4 is 22.4 Å². The van der Waals surface area contributed by atoms with E-state index < -0.39 is 0 Å². The van der Waals surface area contributed by atoms with Gasteiger partial charge in [0, 0.05) is 48.8 Å². The molecule has 4 aromatic rings. The third-order valence-electron chi connectivity index (χ3n) is 5.26. The molecule has 0 aliphatic heterocycles. The number of pyridine rings is 1. The monoisotopic (exact) mass is 373 g/mol. The minimum absolute atomic E-state index is 0.910. The lowest BCUT2D eigenvalue weighted by molar-refractivity contribution is 0.650. The van der Waals surface area contributed by atoms with Crippen LogP contribution in [0.4, 0.5) is 11.5 Å². The summed E-state index contributed by atoms with van der Waals surface area (Å²) < 4.78 is 4.15. The first-order chi connectivity index (χ1) is 13.6. The molecule has 0 atom stereocenters. The van der Waals surface area contributed by atoms with E-state index in [4.69, 9.17) is 0 Å². The molecule has 0 bridgehead atoms. The third-order valence-corrected chi connectivity index (χ3v) is 5.26. The summed E-state index contributed by atoms with van der Waals surface area (Å²) in [6.07, 6.45) is 10.4. The highest BCUT2D eigenvalue weighted by Gasteiger charge is 2.12. The molecule has 4 rings (SSSR count). The number of rotatable bonds is 6. The standard InChI is InChI=1S/C23H27N5/c1-5-6-10-28-11-8-20-21(28)7-9-24-23(20)26-22-16(2)12-18(13-17(22)3)19-14-25-27(4)15-19/h7-9,11-15H,5-6,10H2,1-4H3,(H,24,26). The van der Waals surface area contributed by atoms with E-state index in [1.807, 2.05) is 30.3 Å². The Hall–Kier alpha value is -3.08. The third kappa shape index (κ3) is 3.40. The Bertz CT molecular complexity index is 1100. The van der Waals surface area contributed by atoms with Gasteiger partial charge in [-0.1, -0.05) is 13.3 Å². The number of fused-ring (bicyclic) bond motifs is 1. The smallest absolute Gasteiger partial charge is 0.139 e. The Morgan fingerprint density at radius 1 is 1.07 bits per heavy atom. The minimum atomic E-state index is 0.910. The summed E-state index contributed by atoms with van der Waals surface area (Å²) in [6.45, 7) is 7.55. The van der Waals surface area contributed by atoms with Crippen LogP contribution in [-0.2, 0) is 13.6 Å². The van der Waals surface area contributed by atoms with Crippen molar-refractivity contribution in [3.8, 4) is 11.1 Å². The molecule has 0 aliphatic carbocycles. The largest absolute Gasteiger partial charge is 0.347 e. The first-order valence-electron chi connectivity index (χ1n) is 9.88. The first kappa shape index (κ1) is 18.3. The molecular weight excluding hydrogens is 346 g/mol. The Balaban J connectivity index is 1.68. The molecule has 3 aromatic heterocycles. The lowest BCUT2D eigenvalue weighted by atomic mass is 10.0. The molecule has 0 unspecified atom stereocenters. The van der Waals surface area contributed by atoms with Gasteiger partial charge in [0.05, 0.1) is 11.7 Å². The van der Waals surface area contributed by atoms with Gasteiger partial charge in [0.1, 0.15) is 5.82 Å².